The molecule has 3 heteroatoms. The van der Waals surface area contributed by atoms with Crippen LogP contribution in [0.1, 0.15) is 12.8 Å². The fraction of sp³-hybridized carbons (Fsp3) is 0.571. The summed E-state index contributed by atoms with van der Waals surface area (Å²) in [4.78, 5) is 10.9. The predicted molar refractivity (Wildman–Crippen MR) is 43.8 cm³/mol. The summed E-state index contributed by atoms with van der Waals surface area (Å²) < 4.78 is 0. The number of thioether (sulfide) groups is 1. The summed E-state index contributed by atoms with van der Waals surface area (Å²) in [6.07, 6.45) is 3.28. The van der Waals surface area contributed by atoms with E-state index in [1.54, 1.807) is 11.8 Å². The maximum Gasteiger partial charge on any atom is 0.140 e. The largest absolute Gasteiger partial charge is 0.387 e. The topological polar surface area (TPSA) is 29.1 Å². The third-order valence-corrected chi connectivity index (χ3v) is 1.92. The molecular formula is C7H11NOS. The zero-order valence-corrected chi connectivity index (χ0v) is 6.83. The Morgan fingerprint density at radius 3 is 3.10 bits per heavy atom. The van der Waals surface area contributed by atoms with E-state index in [1.165, 1.54) is 0 Å². The van der Waals surface area contributed by atoms with Crippen LogP contribution in [0.2, 0.25) is 0 Å². The van der Waals surface area contributed by atoms with Crippen LogP contribution in [0.25, 0.3) is 0 Å². The smallest absolute Gasteiger partial charge is 0.140 e. The first-order valence-corrected chi connectivity index (χ1v) is 4.59. The van der Waals surface area contributed by atoms with Gasteiger partial charge in [0.25, 0.3) is 0 Å². The number of rotatable bonds is 1. The Kier molecular flexibility index (Phi) is 2.81. The molecule has 1 N–H and O–H groups in total. The predicted octanol–water partition coefficient (Wildman–Crippen LogP) is 1.14. The van der Waals surface area contributed by atoms with Crippen molar-refractivity contribution in [3.63, 3.8) is 0 Å². The summed E-state index contributed by atoms with van der Waals surface area (Å²) in [7, 11) is 0. The molecule has 0 radical (unpaired) electrons. The number of Topliss-reactive ketones (excluding diaryl/α,β-unsaturated/α-hetero) is 1. The summed E-state index contributed by atoms with van der Waals surface area (Å²) >= 11 is 1.63. The molecule has 2 nitrogen and oxygen atoms in total. The normalized spacial score (nSPS) is 22.9. The molecule has 10 heavy (non-hydrogen) atoms. The molecular weight excluding hydrogens is 146 g/mol. The van der Waals surface area contributed by atoms with Crippen molar-refractivity contribution in [3.8, 4) is 0 Å². The second-order valence-electron chi connectivity index (χ2n) is 2.27. The minimum atomic E-state index is 0.346. The van der Waals surface area contributed by atoms with E-state index in [0.29, 0.717) is 18.6 Å². The number of nitrogens with one attached hydrogen (secondary N) is 1. The van der Waals surface area contributed by atoms with E-state index in [1.807, 2.05) is 11.7 Å². The lowest BCUT2D eigenvalue weighted by Gasteiger charge is -2.14. The van der Waals surface area contributed by atoms with Gasteiger partial charge < -0.3 is 5.32 Å². The Morgan fingerprint density at radius 2 is 2.50 bits per heavy atom. The van der Waals surface area contributed by atoms with E-state index in [9.17, 15) is 4.79 Å². The highest BCUT2D eigenvalue weighted by molar-refractivity contribution is 8.01. The Hall–Kier alpha value is -0.440. The molecule has 0 atom stereocenters. The third-order valence-electron chi connectivity index (χ3n) is 1.40. The van der Waals surface area contributed by atoms with Crippen molar-refractivity contribution in [2.45, 2.75) is 12.8 Å². The monoisotopic (exact) mass is 157 g/mol. The van der Waals surface area contributed by atoms with Crippen molar-refractivity contribution in [3.05, 3.63) is 11.1 Å². The average molecular weight is 157 g/mol. The maximum absolute atomic E-state index is 10.9. The molecule has 1 aliphatic rings. The number of carbonyl (C=O) groups excluding carboxylic acids is 1. The van der Waals surface area contributed by atoms with Crippen LogP contribution in [0, 0.1) is 0 Å². The molecule has 0 spiro atoms. The van der Waals surface area contributed by atoms with E-state index in [-0.39, 0.29) is 0 Å². The molecule has 0 bridgehead atoms. The summed E-state index contributed by atoms with van der Waals surface area (Å²) in [5.41, 5.74) is 1.07. The van der Waals surface area contributed by atoms with Crippen molar-refractivity contribution in [2.24, 2.45) is 0 Å². The highest BCUT2D eigenvalue weighted by Gasteiger charge is 2.10. The molecule has 0 saturated carbocycles. The first kappa shape index (κ1) is 7.66. The third kappa shape index (κ3) is 2.06. The van der Waals surface area contributed by atoms with Crippen LogP contribution in [0.3, 0.4) is 0 Å². The Bertz CT molecular complexity index is 165. The van der Waals surface area contributed by atoms with Gasteiger partial charge in [0.15, 0.2) is 0 Å². The Balaban J connectivity index is 2.47. The molecule has 1 heterocycles. The molecule has 0 amide bonds. The number of hydrogen-bond donors (Lipinski definition) is 1. The van der Waals surface area contributed by atoms with Crippen molar-refractivity contribution < 1.29 is 4.79 Å². The quantitative estimate of drug-likeness (QED) is 0.619. The number of carbonyl (C=O) groups is 1. The van der Waals surface area contributed by atoms with Crippen LogP contribution in [0.4, 0.5) is 0 Å². The summed E-state index contributed by atoms with van der Waals surface area (Å²) in [6, 6.07) is 0. The first-order chi connectivity index (χ1) is 4.83. The van der Waals surface area contributed by atoms with Gasteiger partial charge in [-0.3, -0.25) is 4.79 Å². The van der Waals surface area contributed by atoms with Crippen LogP contribution in [-0.4, -0.2) is 18.6 Å². The minimum absolute atomic E-state index is 0.346. The highest BCUT2D eigenvalue weighted by atomic mass is 32.2. The lowest BCUT2D eigenvalue weighted by molar-refractivity contribution is -0.119. The Morgan fingerprint density at radius 1 is 1.70 bits per heavy atom. The second-order valence-corrected chi connectivity index (χ2v) is 2.98. The van der Waals surface area contributed by atoms with E-state index in [0.717, 1.165) is 12.2 Å². The van der Waals surface area contributed by atoms with Gasteiger partial charge in [0, 0.05) is 25.1 Å². The molecule has 1 fully saturated rings. The lowest BCUT2D eigenvalue weighted by atomic mass is 10.1. The Labute approximate surface area is 65.1 Å². The van der Waals surface area contributed by atoms with Crippen molar-refractivity contribution in [2.75, 3.05) is 12.8 Å². The van der Waals surface area contributed by atoms with Gasteiger partial charge in [0.1, 0.15) is 5.78 Å². The first-order valence-electron chi connectivity index (χ1n) is 3.30. The van der Waals surface area contributed by atoms with Crippen LogP contribution in [-0.2, 0) is 4.79 Å². The van der Waals surface area contributed by atoms with Gasteiger partial charge in [0.05, 0.1) is 0 Å². The van der Waals surface area contributed by atoms with E-state index >= 15 is 0 Å². The van der Waals surface area contributed by atoms with Crippen molar-refractivity contribution in [1.29, 1.82) is 0 Å². The van der Waals surface area contributed by atoms with Gasteiger partial charge in [-0.15, -0.1) is 11.8 Å². The maximum atomic E-state index is 10.9. The van der Waals surface area contributed by atoms with Gasteiger partial charge in [-0.1, -0.05) is 0 Å². The van der Waals surface area contributed by atoms with Crippen LogP contribution in [0.5, 0.6) is 0 Å². The van der Waals surface area contributed by atoms with Gasteiger partial charge in [-0.25, -0.2) is 0 Å². The van der Waals surface area contributed by atoms with Crippen molar-refractivity contribution >= 4 is 17.5 Å². The van der Waals surface area contributed by atoms with Crippen LogP contribution < -0.4 is 5.32 Å². The zero-order chi connectivity index (χ0) is 7.40. The number of allylic oxidation sites excluding steroid dienone is 1. The summed E-state index contributed by atoms with van der Waals surface area (Å²) in [5.74, 6) is 0.346. The van der Waals surface area contributed by atoms with Gasteiger partial charge in [-0.2, -0.15) is 0 Å². The molecule has 1 aliphatic heterocycles. The molecule has 1 rings (SSSR count). The minimum Gasteiger partial charge on any atom is -0.387 e. The fourth-order valence-electron chi connectivity index (χ4n) is 0.951. The molecule has 0 aromatic heterocycles. The molecule has 0 aromatic carbocycles. The molecule has 0 aromatic rings. The standard InChI is InChI=1S/C7H11NOS/c1-10-5-6-4-7(9)2-3-8-6/h5,8H,2-4H2,1H3. The molecule has 0 aliphatic carbocycles. The van der Waals surface area contributed by atoms with E-state index in [4.69, 9.17) is 0 Å². The van der Waals surface area contributed by atoms with Gasteiger partial charge in [-0.05, 0) is 11.7 Å². The van der Waals surface area contributed by atoms with Crippen LogP contribution >= 0.6 is 11.8 Å². The van der Waals surface area contributed by atoms with Gasteiger partial charge >= 0.3 is 0 Å². The van der Waals surface area contributed by atoms with Crippen LogP contribution in [0.15, 0.2) is 11.1 Å². The lowest BCUT2D eigenvalue weighted by Crippen LogP contribution is -2.25. The zero-order valence-electron chi connectivity index (χ0n) is 6.02. The summed E-state index contributed by atoms with van der Waals surface area (Å²) in [6.45, 7) is 0.811. The van der Waals surface area contributed by atoms with E-state index in [2.05, 4.69) is 5.32 Å². The molecule has 56 valence electrons. The highest BCUT2D eigenvalue weighted by Crippen LogP contribution is 2.10. The SMILES string of the molecule is CSC=C1CC(=O)CCN1. The second kappa shape index (κ2) is 3.66. The molecule has 0 unspecified atom stereocenters. The van der Waals surface area contributed by atoms with E-state index < -0.39 is 0 Å². The summed E-state index contributed by atoms with van der Waals surface area (Å²) in [5, 5.41) is 5.17. The number of piperidine rings is 1. The molecule has 1 saturated heterocycles. The van der Waals surface area contributed by atoms with Crippen molar-refractivity contribution in [1.82, 2.24) is 5.32 Å². The number of ketones is 1. The van der Waals surface area contributed by atoms with Gasteiger partial charge in [0.2, 0.25) is 0 Å². The number of hydrogen-bond acceptors (Lipinski definition) is 3. The fourth-order valence-corrected chi connectivity index (χ4v) is 1.40. The average Bonchev–Trinajstić information content (AvgIpc) is 1.88.